The van der Waals surface area contributed by atoms with Crippen molar-refractivity contribution in [1.29, 1.82) is 0 Å². The Labute approximate surface area is 137 Å². The zero-order valence-corrected chi connectivity index (χ0v) is 14.2. The number of nitro benzene ring substituents is 1. The predicted octanol–water partition coefficient (Wildman–Crippen LogP) is 2.84. The Kier molecular flexibility index (Phi) is 7.41. The van der Waals surface area contributed by atoms with Gasteiger partial charge < -0.3 is 5.32 Å². The maximum atomic E-state index is 11.8. The monoisotopic (exact) mass is 319 g/mol. The minimum atomic E-state index is -0.458. The number of rotatable bonds is 8. The van der Waals surface area contributed by atoms with Gasteiger partial charge in [0, 0.05) is 37.3 Å². The van der Waals surface area contributed by atoms with Gasteiger partial charge in [0.15, 0.2) is 0 Å². The number of carbonyl (C=O) groups is 1. The van der Waals surface area contributed by atoms with Gasteiger partial charge in [0.2, 0.25) is 5.91 Å². The van der Waals surface area contributed by atoms with E-state index in [1.165, 1.54) is 18.2 Å². The summed E-state index contributed by atoms with van der Waals surface area (Å²) in [6.07, 6.45) is 2.80. The third-order valence-electron chi connectivity index (χ3n) is 3.54. The highest BCUT2D eigenvalue weighted by Crippen LogP contribution is 2.18. The molecule has 0 spiro atoms. The van der Waals surface area contributed by atoms with Gasteiger partial charge in [0.1, 0.15) is 0 Å². The molecule has 1 rings (SSSR count). The van der Waals surface area contributed by atoms with Crippen LogP contribution >= 0.6 is 0 Å². The van der Waals surface area contributed by atoms with E-state index in [2.05, 4.69) is 37.9 Å². The van der Waals surface area contributed by atoms with Crippen molar-refractivity contribution in [2.75, 3.05) is 13.1 Å². The van der Waals surface area contributed by atoms with E-state index in [1.54, 1.807) is 18.2 Å². The van der Waals surface area contributed by atoms with Crippen molar-refractivity contribution < 1.29 is 9.72 Å². The summed E-state index contributed by atoms with van der Waals surface area (Å²) in [6.45, 7) is 9.79. The molecule has 1 amide bonds. The molecule has 0 aliphatic carbocycles. The number of nitrogens with one attached hydrogen (secondary N) is 1. The molecular weight excluding hydrogens is 294 g/mol. The van der Waals surface area contributed by atoms with E-state index in [0.29, 0.717) is 24.2 Å². The molecule has 0 aliphatic rings. The largest absolute Gasteiger partial charge is 0.351 e. The Bertz CT molecular complexity index is 560. The van der Waals surface area contributed by atoms with E-state index in [1.807, 2.05) is 0 Å². The van der Waals surface area contributed by atoms with Crippen molar-refractivity contribution in [3.8, 4) is 0 Å². The number of para-hydroxylation sites is 1. The third-order valence-corrected chi connectivity index (χ3v) is 3.54. The molecule has 0 bridgehead atoms. The highest BCUT2D eigenvalue weighted by Gasteiger charge is 2.13. The molecule has 0 saturated carbocycles. The number of hydrogen-bond donors (Lipinski definition) is 1. The quantitative estimate of drug-likeness (QED) is 0.454. The van der Waals surface area contributed by atoms with Crippen molar-refractivity contribution in [2.45, 2.75) is 39.8 Å². The number of nitro groups is 1. The lowest BCUT2D eigenvalue weighted by molar-refractivity contribution is -0.385. The van der Waals surface area contributed by atoms with Crippen LogP contribution in [-0.4, -0.2) is 40.9 Å². The predicted molar refractivity (Wildman–Crippen MR) is 92.1 cm³/mol. The van der Waals surface area contributed by atoms with Gasteiger partial charge in [-0.15, -0.1) is 0 Å². The van der Waals surface area contributed by atoms with Crippen molar-refractivity contribution >= 4 is 17.7 Å². The first-order chi connectivity index (χ1) is 10.8. The van der Waals surface area contributed by atoms with E-state index >= 15 is 0 Å². The van der Waals surface area contributed by atoms with Crippen LogP contribution in [0.1, 0.15) is 33.3 Å². The van der Waals surface area contributed by atoms with Crippen LogP contribution in [-0.2, 0) is 4.79 Å². The summed E-state index contributed by atoms with van der Waals surface area (Å²) in [5.41, 5.74) is 0.404. The van der Waals surface area contributed by atoms with Gasteiger partial charge in [0.25, 0.3) is 5.69 Å². The summed E-state index contributed by atoms with van der Waals surface area (Å²) in [5.74, 6) is -0.254. The molecule has 0 atom stereocenters. The second kappa shape index (κ2) is 9.05. The van der Waals surface area contributed by atoms with Crippen LogP contribution in [0.25, 0.3) is 6.08 Å². The molecular formula is C17H25N3O3. The fourth-order valence-corrected chi connectivity index (χ4v) is 2.44. The van der Waals surface area contributed by atoms with Crippen LogP contribution in [0.4, 0.5) is 5.69 Å². The topological polar surface area (TPSA) is 75.5 Å². The van der Waals surface area contributed by atoms with E-state index in [4.69, 9.17) is 0 Å². The zero-order chi connectivity index (χ0) is 17.4. The second-order valence-corrected chi connectivity index (χ2v) is 5.87. The van der Waals surface area contributed by atoms with Gasteiger partial charge in [0.05, 0.1) is 10.5 Å². The Hall–Kier alpha value is -2.21. The average Bonchev–Trinajstić information content (AvgIpc) is 2.48. The normalized spacial score (nSPS) is 11.6. The van der Waals surface area contributed by atoms with Gasteiger partial charge in [-0.25, -0.2) is 0 Å². The number of benzene rings is 1. The molecule has 0 radical (unpaired) electrons. The Balaban J connectivity index is 2.56. The lowest BCUT2D eigenvalue weighted by Gasteiger charge is -2.30. The Morgan fingerprint density at radius 1 is 1.26 bits per heavy atom. The highest BCUT2D eigenvalue weighted by atomic mass is 16.6. The number of nitrogens with zero attached hydrogens (tertiary/aromatic N) is 2. The fourth-order valence-electron chi connectivity index (χ4n) is 2.44. The van der Waals surface area contributed by atoms with Gasteiger partial charge in [-0.1, -0.05) is 12.1 Å². The number of carbonyl (C=O) groups excluding carboxylic acids is 1. The van der Waals surface area contributed by atoms with E-state index < -0.39 is 4.92 Å². The lowest BCUT2D eigenvalue weighted by Crippen LogP contribution is -2.42. The smallest absolute Gasteiger partial charge is 0.276 e. The van der Waals surface area contributed by atoms with Crippen molar-refractivity contribution in [3.05, 3.63) is 46.0 Å². The van der Waals surface area contributed by atoms with Crippen LogP contribution in [0.2, 0.25) is 0 Å². The zero-order valence-electron chi connectivity index (χ0n) is 14.2. The first-order valence-corrected chi connectivity index (χ1v) is 7.78. The van der Waals surface area contributed by atoms with E-state index in [9.17, 15) is 14.9 Å². The lowest BCUT2D eigenvalue weighted by atomic mass is 10.1. The molecule has 0 saturated heterocycles. The van der Waals surface area contributed by atoms with Gasteiger partial charge in [-0.05, 0) is 39.8 Å². The van der Waals surface area contributed by atoms with Crippen LogP contribution in [0.3, 0.4) is 0 Å². The molecule has 0 aromatic heterocycles. The number of hydrogen-bond acceptors (Lipinski definition) is 4. The Morgan fingerprint density at radius 3 is 2.43 bits per heavy atom. The molecule has 0 heterocycles. The molecule has 23 heavy (non-hydrogen) atoms. The van der Waals surface area contributed by atoms with Crippen molar-refractivity contribution in [3.63, 3.8) is 0 Å². The minimum Gasteiger partial charge on any atom is -0.351 e. The molecule has 0 aliphatic heterocycles. The van der Waals surface area contributed by atoms with Gasteiger partial charge in [-0.2, -0.15) is 0 Å². The summed E-state index contributed by atoms with van der Waals surface area (Å²) in [4.78, 5) is 24.6. The third kappa shape index (κ3) is 6.20. The average molecular weight is 319 g/mol. The van der Waals surface area contributed by atoms with Crippen LogP contribution in [0.15, 0.2) is 30.3 Å². The Morgan fingerprint density at radius 2 is 1.87 bits per heavy atom. The first-order valence-electron chi connectivity index (χ1n) is 7.78. The van der Waals surface area contributed by atoms with Gasteiger partial charge in [-0.3, -0.25) is 19.8 Å². The molecule has 0 fully saturated rings. The van der Waals surface area contributed by atoms with Gasteiger partial charge >= 0.3 is 0 Å². The van der Waals surface area contributed by atoms with Crippen LogP contribution in [0, 0.1) is 10.1 Å². The van der Waals surface area contributed by atoms with Crippen LogP contribution in [0.5, 0.6) is 0 Å². The first kappa shape index (κ1) is 18.8. The summed E-state index contributed by atoms with van der Waals surface area (Å²) in [6, 6.07) is 7.15. The maximum absolute atomic E-state index is 11.8. The van der Waals surface area contributed by atoms with Crippen LogP contribution < -0.4 is 5.32 Å². The molecule has 1 aromatic rings. The molecule has 1 aromatic carbocycles. The minimum absolute atomic E-state index is 0.0117. The van der Waals surface area contributed by atoms with Crippen molar-refractivity contribution in [2.24, 2.45) is 0 Å². The summed E-state index contributed by atoms with van der Waals surface area (Å²) in [5, 5.41) is 13.7. The molecule has 6 heteroatoms. The molecule has 0 unspecified atom stereocenters. The fraction of sp³-hybridized carbons (Fsp3) is 0.471. The molecule has 126 valence electrons. The van der Waals surface area contributed by atoms with E-state index in [0.717, 1.165) is 6.54 Å². The number of amides is 1. The maximum Gasteiger partial charge on any atom is 0.276 e. The van der Waals surface area contributed by atoms with Crippen molar-refractivity contribution in [1.82, 2.24) is 10.2 Å². The second-order valence-electron chi connectivity index (χ2n) is 5.87. The van der Waals surface area contributed by atoms with E-state index in [-0.39, 0.29) is 11.6 Å². The SMILES string of the molecule is CC(C)N(CCNC(=O)/C=C/c1ccccc1[N+](=O)[O-])C(C)C. The summed E-state index contributed by atoms with van der Waals surface area (Å²) < 4.78 is 0. The highest BCUT2D eigenvalue weighted by molar-refractivity contribution is 5.92. The molecule has 1 N–H and O–H groups in total. The molecule has 6 nitrogen and oxygen atoms in total. The summed E-state index contributed by atoms with van der Waals surface area (Å²) >= 11 is 0. The summed E-state index contributed by atoms with van der Waals surface area (Å²) in [7, 11) is 0. The standard InChI is InChI=1S/C17H25N3O3/c1-13(2)19(14(3)4)12-11-18-17(21)10-9-15-7-5-6-8-16(15)20(22)23/h5-10,13-14H,11-12H2,1-4H3,(H,18,21)/b10-9+.